The summed E-state index contributed by atoms with van der Waals surface area (Å²) in [5, 5.41) is 8.79. The molecule has 3 amide bonds. The second-order valence-electron chi connectivity index (χ2n) is 8.66. The molecule has 4 rings (SSSR count). The zero-order chi connectivity index (χ0) is 23.9. The largest absolute Gasteiger partial charge is 0.326 e. The van der Waals surface area contributed by atoms with Crippen LogP contribution in [-0.4, -0.2) is 17.7 Å². The lowest BCUT2D eigenvalue weighted by Crippen LogP contribution is -2.24. The van der Waals surface area contributed by atoms with Gasteiger partial charge in [-0.3, -0.25) is 14.4 Å². The van der Waals surface area contributed by atoms with Gasteiger partial charge >= 0.3 is 0 Å². The summed E-state index contributed by atoms with van der Waals surface area (Å²) in [4.78, 5) is 38.0. The maximum Gasteiger partial charge on any atom is 0.255 e. The first kappa shape index (κ1) is 23.2. The van der Waals surface area contributed by atoms with Gasteiger partial charge < -0.3 is 16.0 Å². The van der Waals surface area contributed by atoms with Gasteiger partial charge in [-0.25, -0.2) is 0 Å². The summed E-state index contributed by atoms with van der Waals surface area (Å²) in [5.41, 5.74) is 3.60. The first-order valence-corrected chi connectivity index (χ1v) is 11.7. The highest BCUT2D eigenvalue weighted by Crippen LogP contribution is 2.26. The minimum Gasteiger partial charge on any atom is -0.326 e. The highest BCUT2D eigenvalue weighted by atomic mass is 16.2. The molecular formula is C28H29N3O3. The Morgan fingerprint density at radius 2 is 1.26 bits per heavy atom. The second-order valence-corrected chi connectivity index (χ2v) is 8.66. The van der Waals surface area contributed by atoms with Gasteiger partial charge in [0.15, 0.2) is 0 Å². The van der Waals surface area contributed by atoms with E-state index in [2.05, 4.69) is 16.0 Å². The van der Waals surface area contributed by atoms with Gasteiger partial charge in [-0.2, -0.15) is 0 Å². The summed E-state index contributed by atoms with van der Waals surface area (Å²) in [5.74, 6) is -0.435. The summed E-state index contributed by atoms with van der Waals surface area (Å²) in [6.07, 6.45) is 5.20. The molecule has 0 radical (unpaired) electrons. The van der Waals surface area contributed by atoms with E-state index in [0.717, 1.165) is 31.2 Å². The van der Waals surface area contributed by atoms with Crippen molar-refractivity contribution in [1.29, 1.82) is 0 Å². The SMILES string of the molecule is Cc1c(NC(=O)c2ccccc2)cccc1NC(=O)c1cccc(NC(=O)C2CCCCC2)c1. The van der Waals surface area contributed by atoms with Gasteiger partial charge in [-0.15, -0.1) is 0 Å². The predicted molar refractivity (Wildman–Crippen MR) is 135 cm³/mol. The van der Waals surface area contributed by atoms with E-state index in [1.165, 1.54) is 6.42 Å². The molecule has 174 valence electrons. The summed E-state index contributed by atoms with van der Waals surface area (Å²) in [6, 6.07) is 21.3. The van der Waals surface area contributed by atoms with Crippen LogP contribution in [0.15, 0.2) is 72.8 Å². The average Bonchev–Trinajstić information content (AvgIpc) is 2.87. The normalized spacial score (nSPS) is 13.7. The zero-order valence-corrected chi connectivity index (χ0v) is 19.3. The van der Waals surface area contributed by atoms with Crippen LogP contribution in [0.1, 0.15) is 58.4 Å². The van der Waals surface area contributed by atoms with Crippen molar-refractivity contribution in [2.45, 2.75) is 39.0 Å². The fourth-order valence-corrected chi connectivity index (χ4v) is 4.23. The smallest absolute Gasteiger partial charge is 0.255 e. The van der Waals surface area contributed by atoms with Gasteiger partial charge in [-0.1, -0.05) is 49.6 Å². The van der Waals surface area contributed by atoms with Crippen molar-refractivity contribution in [2.75, 3.05) is 16.0 Å². The summed E-state index contributed by atoms with van der Waals surface area (Å²) < 4.78 is 0. The van der Waals surface area contributed by atoms with Gasteiger partial charge in [0.25, 0.3) is 11.8 Å². The molecule has 0 saturated heterocycles. The third-order valence-corrected chi connectivity index (χ3v) is 6.23. The molecule has 0 bridgehead atoms. The standard InChI is InChI=1S/C28H29N3O3/c1-19-24(30-27(33)21-12-6-3-7-13-21)16-9-17-25(19)31-28(34)22-14-8-15-23(18-22)29-26(32)20-10-4-2-5-11-20/h3,6-9,12-18,20H,2,4-5,10-11H2,1H3,(H,29,32)(H,30,33)(H,31,34). The molecule has 3 aromatic carbocycles. The molecule has 3 aromatic rings. The maximum absolute atomic E-state index is 12.9. The number of benzene rings is 3. The number of anilines is 3. The van der Waals surface area contributed by atoms with Crippen LogP contribution < -0.4 is 16.0 Å². The average molecular weight is 456 g/mol. The van der Waals surface area contributed by atoms with Crippen molar-refractivity contribution in [3.05, 3.63) is 89.5 Å². The van der Waals surface area contributed by atoms with Gasteiger partial charge in [0.2, 0.25) is 5.91 Å². The Morgan fingerprint density at radius 1 is 0.676 bits per heavy atom. The van der Waals surface area contributed by atoms with Crippen LogP contribution in [0.4, 0.5) is 17.1 Å². The molecule has 1 fully saturated rings. The van der Waals surface area contributed by atoms with Crippen LogP contribution in [0.25, 0.3) is 0 Å². The van der Waals surface area contributed by atoms with E-state index in [-0.39, 0.29) is 23.6 Å². The fraction of sp³-hybridized carbons (Fsp3) is 0.250. The topological polar surface area (TPSA) is 87.3 Å². The third kappa shape index (κ3) is 5.70. The Hall–Kier alpha value is -3.93. The van der Waals surface area contributed by atoms with Crippen molar-refractivity contribution in [1.82, 2.24) is 0 Å². The van der Waals surface area contributed by atoms with E-state index in [9.17, 15) is 14.4 Å². The van der Waals surface area contributed by atoms with E-state index >= 15 is 0 Å². The minimum atomic E-state index is -0.289. The quantitative estimate of drug-likeness (QED) is 0.425. The van der Waals surface area contributed by atoms with Crippen LogP contribution in [0.5, 0.6) is 0 Å². The van der Waals surface area contributed by atoms with Crippen LogP contribution >= 0.6 is 0 Å². The van der Waals surface area contributed by atoms with E-state index in [1.807, 2.05) is 25.1 Å². The van der Waals surface area contributed by atoms with Crippen molar-refractivity contribution < 1.29 is 14.4 Å². The number of hydrogen-bond acceptors (Lipinski definition) is 3. The summed E-state index contributed by atoms with van der Waals surface area (Å²) in [7, 11) is 0. The Balaban J connectivity index is 1.43. The minimum absolute atomic E-state index is 0.0231. The molecule has 0 aliphatic heterocycles. The van der Waals surface area contributed by atoms with Crippen LogP contribution in [0.2, 0.25) is 0 Å². The third-order valence-electron chi connectivity index (χ3n) is 6.23. The van der Waals surface area contributed by atoms with E-state index in [0.29, 0.717) is 28.2 Å². The number of nitrogens with one attached hydrogen (secondary N) is 3. The molecular weight excluding hydrogens is 426 g/mol. The Kier molecular flexibility index (Phi) is 7.38. The molecule has 0 unspecified atom stereocenters. The lowest BCUT2D eigenvalue weighted by Gasteiger charge is -2.20. The lowest BCUT2D eigenvalue weighted by molar-refractivity contribution is -0.120. The molecule has 0 heterocycles. The molecule has 0 aromatic heterocycles. The molecule has 1 aliphatic carbocycles. The highest BCUT2D eigenvalue weighted by molar-refractivity contribution is 6.08. The molecule has 1 saturated carbocycles. The van der Waals surface area contributed by atoms with Gasteiger partial charge in [0.05, 0.1) is 0 Å². The molecule has 34 heavy (non-hydrogen) atoms. The number of amides is 3. The first-order valence-electron chi connectivity index (χ1n) is 11.7. The molecule has 6 nitrogen and oxygen atoms in total. The Labute approximate surface area is 199 Å². The van der Waals surface area contributed by atoms with Crippen molar-refractivity contribution >= 4 is 34.8 Å². The first-order chi connectivity index (χ1) is 16.5. The fourth-order valence-electron chi connectivity index (χ4n) is 4.23. The van der Waals surface area contributed by atoms with E-state index in [4.69, 9.17) is 0 Å². The van der Waals surface area contributed by atoms with E-state index < -0.39 is 0 Å². The van der Waals surface area contributed by atoms with Crippen molar-refractivity contribution in [2.24, 2.45) is 5.92 Å². The number of rotatable bonds is 6. The Morgan fingerprint density at radius 3 is 1.94 bits per heavy atom. The van der Waals surface area contributed by atoms with Crippen LogP contribution in [-0.2, 0) is 4.79 Å². The molecule has 0 atom stereocenters. The van der Waals surface area contributed by atoms with Gasteiger partial charge in [-0.05, 0) is 67.8 Å². The highest BCUT2D eigenvalue weighted by Gasteiger charge is 2.21. The van der Waals surface area contributed by atoms with Crippen molar-refractivity contribution in [3.63, 3.8) is 0 Å². The molecule has 0 spiro atoms. The maximum atomic E-state index is 12.9. The molecule has 6 heteroatoms. The van der Waals surface area contributed by atoms with Crippen molar-refractivity contribution in [3.8, 4) is 0 Å². The van der Waals surface area contributed by atoms with Crippen LogP contribution in [0.3, 0.4) is 0 Å². The van der Waals surface area contributed by atoms with E-state index in [1.54, 1.807) is 54.6 Å². The van der Waals surface area contributed by atoms with Gasteiger partial charge in [0, 0.05) is 34.1 Å². The zero-order valence-electron chi connectivity index (χ0n) is 19.3. The Bertz CT molecular complexity index is 1180. The summed E-state index contributed by atoms with van der Waals surface area (Å²) in [6.45, 7) is 1.84. The number of carbonyl (C=O) groups is 3. The number of hydrogen-bond donors (Lipinski definition) is 3. The van der Waals surface area contributed by atoms with Crippen LogP contribution in [0, 0.1) is 12.8 Å². The monoisotopic (exact) mass is 455 g/mol. The predicted octanol–water partition coefficient (Wildman–Crippen LogP) is 6.02. The lowest BCUT2D eigenvalue weighted by atomic mass is 9.88. The molecule has 3 N–H and O–H groups in total. The molecule has 1 aliphatic rings. The summed E-state index contributed by atoms with van der Waals surface area (Å²) >= 11 is 0. The van der Waals surface area contributed by atoms with Gasteiger partial charge in [0.1, 0.15) is 0 Å². The second kappa shape index (κ2) is 10.8. The number of carbonyl (C=O) groups excluding carboxylic acids is 3.